The van der Waals surface area contributed by atoms with E-state index in [0.29, 0.717) is 83.2 Å². The van der Waals surface area contributed by atoms with Gasteiger partial charge in [0.1, 0.15) is 11.4 Å². The highest BCUT2D eigenvalue weighted by atomic mass is 16.6. The molecule has 10 heteroatoms. The van der Waals surface area contributed by atoms with Crippen LogP contribution in [-0.4, -0.2) is 83.2 Å². The fourth-order valence-corrected chi connectivity index (χ4v) is 2.53. The van der Waals surface area contributed by atoms with Crippen molar-refractivity contribution in [3.8, 4) is 5.75 Å². The average Bonchev–Trinajstić information content (AvgIpc) is 2.79. The van der Waals surface area contributed by atoms with E-state index in [-0.39, 0.29) is 12.5 Å². The van der Waals surface area contributed by atoms with Gasteiger partial charge in [0.15, 0.2) is 12.9 Å². The third kappa shape index (κ3) is 16.0. The van der Waals surface area contributed by atoms with E-state index < -0.39 is 11.7 Å². The minimum Gasteiger partial charge on any atom is -0.483 e. The molecule has 0 bridgehead atoms. The van der Waals surface area contributed by atoms with Crippen molar-refractivity contribution in [3.63, 3.8) is 0 Å². The quantitative estimate of drug-likeness (QED) is 0.242. The highest BCUT2D eigenvalue weighted by molar-refractivity contribution is 5.80. The summed E-state index contributed by atoms with van der Waals surface area (Å²) in [4.78, 5) is 34.2. The van der Waals surface area contributed by atoms with Gasteiger partial charge in [-0.15, -0.1) is 0 Å². The average molecular weight is 483 g/mol. The highest BCUT2D eigenvalue weighted by Crippen LogP contribution is 2.15. The molecule has 0 fully saturated rings. The van der Waals surface area contributed by atoms with E-state index in [1.54, 1.807) is 24.3 Å². The van der Waals surface area contributed by atoms with E-state index >= 15 is 0 Å². The van der Waals surface area contributed by atoms with Crippen LogP contribution in [0.1, 0.15) is 44.0 Å². The van der Waals surface area contributed by atoms with Crippen LogP contribution < -0.4 is 15.4 Å². The van der Waals surface area contributed by atoms with Crippen molar-refractivity contribution in [1.29, 1.82) is 0 Å². The van der Waals surface area contributed by atoms with Crippen molar-refractivity contribution >= 4 is 18.3 Å². The Labute approximate surface area is 201 Å². The molecule has 192 valence electrons. The van der Waals surface area contributed by atoms with Crippen molar-refractivity contribution in [2.24, 2.45) is 0 Å². The Balaban J connectivity index is 1.84. The molecule has 0 aliphatic rings. The molecular formula is C24H38N2O8. The summed E-state index contributed by atoms with van der Waals surface area (Å²) in [6.07, 6.45) is 1.62. The van der Waals surface area contributed by atoms with Gasteiger partial charge in [0.05, 0.1) is 32.0 Å². The smallest absolute Gasteiger partial charge is 0.407 e. The molecule has 10 nitrogen and oxygen atoms in total. The SMILES string of the molecule is CC(C)(C)OC(=O)NCCCOCCOCCOCCCNC(=O)COc1ccccc1C=O. The monoisotopic (exact) mass is 482 g/mol. The van der Waals surface area contributed by atoms with E-state index in [4.69, 9.17) is 23.7 Å². The maximum absolute atomic E-state index is 11.8. The second-order valence-electron chi connectivity index (χ2n) is 8.27. The Morgan fingerprint density at radius 1 is 0.853 bits per heavy atom. The summed E-state index contributed by atoms with van der Waals surface area (Å²) < 4.78 is 26.8. The first-order valence-corrected chi connectivity index (χ1v) is 11.5. The zero-order valence-corrected chi connectivity index (χ0v) is 20.4. The number of benzene rings is 1. The van der Waals surface area contributed by atoms with Crippen LogP contribution in [0.25, 0.3) is 0 Å². The van der Waals surface area contributed by atoms with Crippen LogP contribution >= 0.6 is 0 Å². The Kier molecular flexibility index (Phi) is 15.3. The summed E-state index contributed by atoms with van der Waals surface area (Å²) in [7, 11) is 0. The molecule has 1 aromatic carbocycles. The van der Waals surface area contributed by atoms with E-state index in [2.05, 4.69) is 10.6 Å². The van der Waals surface area contributed by atoms with Crippen molar-refractivity contribution in [3.05, 3.63) is 29.8 Å². The van der Waals surface area contributed by atoms with Crippen LogP contribution in [0.3, 0.4) is 0 Å². The fraction of sp³-hybridized carbons (Fsp3) is 0.625. The minimum atomic E-state index is -0.500. The van der Waals surface area contributed by atoms with Crippen LogP contribution in [0.2, 0.25) is 0 Å². The maximum atomic E-state index is 11.8. The summed E-state index contributed by atoms with van der Waals surface area (Å²) in [6, 6.07) is 6.74. The number of carbonyl (C=O) groups is 3. The molecule has 0 atom stereocenters. The number of rotatable bonds is 18. The molecule has 1 aromatic rings. The third-order valence-electron chi connectivity index (χ3n) is 4.07. The van der Waals surface area contributed by atoms with Gasteiger partial charge in [0, 0.05) is 26.3 Å². The number of carbonyl (C=O) groups excluding carboxylic acids is 3. The van der Waals surface area contributed by atoms with E-state index in [1.807, 2.05) is 20.8 Å². The van der Waals surface area contributed by atoms with E-state index in [9.17, 15) is 14.4 Å². The second-order valence-corrected chi connectivity index (χ2v) is 8.27. The number of hydrogen-bond acceptors (Lipinski definition) is 8. The Morgan fingerprint density at radius 2 is 1.41 bits per heavy atom. The first-order chi connectivity index (χ1) is 16.3. The lowest BCUT2D eigenvalue weighted by molar-refractivity contribution is -0.123. The molecule has 0 saturated carbocycles. The number of ether oxygens (including phenoxy) is 5. The zero-order chi connectivity index (χ0) is 25.1. The molecule has 34 heavy (non-hydrogen) atoms. The number of para-hydroxylation sites is 1. The highest BCUT2D eigenvalue weighted by Gasteiger charge is 2.15. The standard InChI is InChI=1S/C24H38N2O8/c1-24(2,3)34-23(29)26-11-7-13-31-15-17-32-16-14-30-12-6-10-25-22(28)19-33-21-9-5-4-8-20(21)18-27/h4-5,8-9,18H,6-7,10-17,19H2,1-3H3,(H,25,28)(H,26,29). The maximum Gasteiger partial charge on any atom is 0.407 e. The molecule has 2 amide bonds. The van der Waals surface area contributed by atoms with Crippen LogP contribution in [0.4, 0.5) is 4.79 Å². The largest absolute Gasteiger partial charge is 0.483 e. The van der Waals surface area contributed by atoms with Gasteiger partial charge < -0.3 is 34.3 Å². The Hall–Kier alpha value is -2.69. The molecule has 2 N–H and O–H groups in total. The fourth-order valence-electron chi connectivity index (χ4n) is 2.53. The topological polar surface area (TPSA) is 121 Å². The lowest BCUT2D eigenvalue weighted by atomic mass is 10.2. The van der Waals surface area contributed by atoms with Gasteiger partial charge in [-0.3, -0.25) is 9.59 Å². The molecule has 0 aliphatic heterocycles. The van der Waals surface area contributed by atoms with Gasteiger partial charge in [-0.1, -0.05) is 12.1 Å². The van der Waals surface area contributed by atoms with Gasteiger partial charge in [0.2, 0.25) is 0 Å². The van der Waals surface area contributed by atoms with Gasteiger partial charge in [0.25, 0.3) is 5.91 Å². The first kappa shape index (κ1) is 29.3. The van der Waals surface area contributed by atoms with Crippen LogP contribution in [0.5, 0.6) is 5.75 Å². The minimum absolute atomic E-state index is 0.151. The number of aldehydes is 1. The number of nitrogens with one attached hydrogen (secondary N) is 2. The van der Waals surface area contributed by atoms with Crippen LogP contribution in [0.15, 0.2) is 24.3 Å². The van der Waals surface area contributed by atoms with Crippen molar-refractivity contribution in [2.75, 3.05) is 59.3 Å². The Bertz CT molecular complexity index is 721. The van der Waals surface area contributed by atoms with Crippen LogP contribution in [0, 0.1) is 0 Å². The van der Waals surface area contributed by atoms with E-state index in [0.717, 1.165) is 0 Å². The number of alkyl carbamates (subject to hydrolysis) is 1. The van der Waals surface area contributed by atoms with Crippen molar-refractivity contribution in [2.45, 2.75) is 39.2 Å². The summed E-state index contributed by atoms with van der Waals surface area (Å²) in [5.74, 6) is 0.126. The molecule has 0 unspecified atom stereocenters. The van der Waals surface area contributed by atoms with Gasteiger partial charge in [-0.25, -0.2) is 4.79 Å². The summed E-state index contributed by atoms with van der Waals surface area (Å²) in [5.41, 5.74) is -0.0928. The number of amides is 2. The summed E-state index contributed by atoms with van der Waals surface area (Å²) >= 11 is 0. The van der Waals surface area contributed by atoms with Gasteiger partial charge >= 0.3 is 6.09 Å². The molecule has 0 aromatic heterocycles. The lowest BCUT2D eigenvalue weighted by Crippen LogP contribution is -2.33. The Morgan fingerprint density at radius 3 is 2.00 bits per heavy atom. The summed E-state index contributed by atoms with van der Waals surface area (Å²) in [5, 5.41) is 5.41. The summed E-state index contributed by atoms with van der Waals surface area (Å²) in [6.45, 7) is 9.13. The molecule has 0 saturated heterocycles. The predicted molar refractivity (Wildman–Crippen MR) is 126 cm³/mol. The van der Waals surface area contributed by atoms with Gasteiger partial charge in [-0.05, 0) is 45.7 Å². The first-order valence-electron chi connectivity index (χ1n) is 11.5. The number of hydrogen-bond donors (Lipinski definition) is 2. The molecule has 0 radical (unpaired) electrons. The molecule has 1 rings (SSSR count). The second kappa shape index (κ2) is 17.7. The van der Waals surface area contributed by atoms with Crippen molar-refractivity contribution in [1.82, 2.24) is 10.6 Å². The van der Waals surface area contributed by atoms with Crippen molar-refractivity contribution < 1.29 is 38.1 Å². The third-order valence-corrected chi connectivity index (χ3v) is 4.07. The van der Waals surface area contributed by atoms with Gasteiger partial charge in [-0.2, -0.15) is 0 Å². The lowest BCUT2D eigenvalue weighted by Gasteiger charge is -2.19. The van der Waals surface area contributed by atoms with Crippen LogP contribution in [-0.2, 0) is 23.7 Å². The predicted octanol–water partition coefficient (Wildman–Crippen LogP) is 2.35. The normalized spacial score (nSPS) is 11.0. The molecule has 0 heterocycles. The zero-order valence-electron chi connectivity index (χ0n) is 20.4. The molecule has 0 aliphatic carbocycles. The van der Waals surface area contributed by atoms with E-state index in [1.165, 1.54) is 0 Å². The molecular weight excluding hydrogens is 444 g/mol. The molecule has 0 spiro atoms.